The number of carbonyl (C=O) groups is 2. The molecule has 2 unspecified atom stereocenters. The summed E-state index contributed by atoms with van der Waals surface area (Å²) in [5.74, 6) is 0.866. The molecule has 0 aromatic rings. The molecule has 1 rings (SSSR count). The predicted molar refractivity (Wildman–Crippen MR) is 70.4 cm³/mol. The highest BCUT2D eigenvalue weighted by molar-refractivity contribution is 5.86. The maximum atomic E-state index is 11.9. The summed E-state index contributed by atoms with van der Waals surface area (Å²) < 4.78 is 5.09. The fourth-order valence-corrected chi connectivity index (χ4v) is 2.34. The molecule has 0 aromatic carbocycles. The summed E-state index contributed by atoms with van der Waals surface area (Å²) in [6, 6.07) is 0. The molecule has 0 aromatic heterocycles. The van der Waals surface area contributed by atoms with Crippen molar-refractivity contribution in [2.45, 2.75) is 59.0 Å². The highest BCUT2D eigenvalue weighted by atomic mass is 16.6. The summed E-state index contributed by atoms with van der Waals surface area (Å²) in [6.45, 7) is 7.68. The van der Waals surface area contributed by atoms with Gasteiger partial charge in [0.2, 0.25) is 0 Å². The number of alkyl carbamates (subject to hydrolysis) is 1. The van der Waals surface area contributed by atoms with Gasteiger partial charge in [-0.05, 0) is 39.5 Å². The van der Waals surface area contributed by atoms with Crippen LogP contribution in [0.2, 0.25) is 0 Å². The van der Waals surface area contributed by atoms with E-state index in [9.17, 15) is 9.59 Å². The van der Waals surface area contributed by atoms with Crippen molar-refractivity contribution in [1.82, 2.24) is 5.32 Å². The fraction of sp³-hybridized carbons (Fsp3) is 0.857. The minimum Gasteiger partial charge on any atom is -0.444 e. The lowest BCUT2D eigenvalue weighted by Gasteiger charge is -2.26. The van der Waals surface area contributed by atoms with E-state index in [1.165, 1.54) is 6.42 Å². The molecule has 0 aliphatic heterocycles. The van der Waals surface area contributed by atoms with E-state index in [1.807, 2.05) is 0 Å². The van der Waals surface area contributed by atoms with Gasteiger partial charge in [0.15, 0.2) is 5.78 Å². The second-order valence-electron chi connectivity index (χ2n) is 6.29. The Morgan fingerprint density at radius 1 is 1.28 bits per heavy atom. The second-order valence-corrected chi connectivity index (χ2v) is 6.29. The molecule has 0 bridgehead atoms. The number of hydrogen-bond donors (Lipinski definition) is 1. The van der Waals surface area contributed by atoms with Gasteiger partial charge < -0.3 is 10.1 Å². The van der Waals surface area contributed by atoms with Gasteiger partial charge >= 0.3 is 6.09 Å². The van der Waals surface area contributed by atoms with Gasteiger partial charge in [-0.15, -0.1) is 0 Å². The largest absolute Gasteiger partial charge is 0.444 e. The minimum atomic E-state index is -0.521. The first-order valence-corrected chi connectivity index (χ1v) is 6.77. The van der Waals surface area contributed by atoms with Crippen LogP contribution in [0.25, 0.3) is 0 Å². The highest BCUT2D eigenvalue weighted by Crippen LogP contribution is 2.28. The van der Waals surface area contributed by atoms with Crippen molar-refractivity contribution in [3.63, 3.8) is 0 Å². The standard InChI is InChI=1S/C14H25NO3/c1-10-6-5-7-11(8-10)12(16)9-15-13(17)18-14(2,3)4/h10-11H,5-9H2,1-4H3,(H,15,17). The minimum absolute atomic E-state index is 0.0896. The second kappa shape index (κ2) is 6.21. The Morgan fingerprint density at radius 2 is 1.94 bits per heavy atom. The monoisotopic (exact) mass is 255 g/mol. The topological polar surface area (TPSA) is 55.4 Å². The fourth-order valence-electron chi connectivity index (χ4n) is 2.34. The lowest BCUT2D eigenvalue weighted by atomic mass is 9.80. The number of hydrogen-bond acceptors (Lipinski definition) is 3. The van der Waals surface area contributed by atoms with E-state index in [0.717, 1.165) is 19.3 Å². The van der Waals surface area contributed by atoms with E-state index < -0.39 is 11.7 Å². The third-order valence-electron chi connectivity index (χ3n) is 3.20. The molecule has 1 aliphatic carbocycles. The maximum absolute atomic E-state index is 11.9. The molecule has 104 valence electrons. The first-order valence-electron chi connectivity index (χ1n) is 6.77. The summed E-state index contributed by atoms with van der Waals surface area (Å²) in [5, 5.41) is 2.54. The summed E-state index contributed by atoms with van der Waals surface area (Å²) in [6.07, 6.45) is 3.72. The first kappa shape index (κ1) is 15.0. The Kier molecular flexibility index (Phi) is 5.17. The molecule has 1 aliphatic rings. The average molecular weight is 255 g/mol. The van der Waals surface area contributed by atoms with Crippen molar-refractivity contribution >= 4 is 11.9 Å². The molecule has 0 radical (unpaired) electrons. The van der Waals surface area contributed by atoms with Crippen LogP contribution in [0.15, 0.2) is 0 Å². The Labute approximate surface area is 109 Å². The van der Waals surface area contributed by atoms with Crippen LogP contribution < -0.4 is 5.32 Å². The van der Waals surface area contributed by atoms with E-state index >= 15 is 0 Å². The number of rotatable bonds is 3. The van der Waals surface area contributed by atoms with E-state index in [-0.39, 0.29) is 18.2 Å². The van der Waals surface area contributed by atoms with Crippen LogP contribution in [0.5, 0.6) is 0 Å². The van der Waals surface area contributed by atoms with Crippen molar-refractivity contribution in [3.05, 3.63) is 0 Å². The van der Waals surface area contributed by atoms with Crippen molar-refractivity contribution < 1.29 is 14.3 Å². The molecule has 18 heavy (non-hydrogen) atoms. The zero-order valence-electron chi connectivity index (χ0n) is 11.9. The zero-order valence-corrected chi connectivity index (χ0v) is 11.9. The van der Waals surface area contributed by atoms with Crippen molar-refractivity contribution in [1.29, 1.82) is 0 Å². The van der Waals surface area contributed by atoms with E-state index in [0.29, 0.717) is 5.92 Å². The first-order chi connectivity index (χ1) is 8.28. The normalized spacial score (nSPS) is 24.4. The van der Waals surface area contributed by atoms with Gasteiger partial charge in [-0.3, -0.25) is 4.79 Å². The molecule has 0 spiro atoms. The van der Waals surface area contributed by atoms with Gasteiger partial charge in [-0.1, -0.05) is 19.8 Å². The lowest BCUT2D eigenvalue weighted by molar-refractivity contribution is -0.123. The number of amides is 1. The SMILES string of the molecule is CC1CCCC(C(=O)CNC(=O)OC(C)(C)C)C1. The summed E-state index contributed by atoms with van der Waals surface area (Å²) >= 11 is 0. The van der Waals surface area contributed by atoms with Gasteiger partial charge in [-0.25, -0.2) is 4.79 Å². The van der Waals surface area contributed by atoms with Gasteiger partial charge in [0.1, 0.15) is 5.60 Å². The zero-order chi connectivity index (χ0) is 13.8. The molecule has 2 atom stereocenters. The van der Waals surface area contributed by atoms with Crippen LogP contribution in [0.1, 0.15) is 53.4 Å². The number of ketones is 1. The molecule has 1 amide bonds. The summed E-state index contributed by atoms with van der Waals surface area (Å²) in [7, 11) is 0. The lowest BCUT2D eigenvalue weighted by Crippen LogP contribution is -2.38. The Hall–Kier alpha value is -1.06. The molecular weight excluding hydrogens is 230 g/mol. The molecule has 1 saturated carbocycles. The molecule has 0 saturated heterocycles. The molecule has 0 heterocycles. The number of carbonyl (C=O) groups excluding carboxylic acids is 2. The van der Waals surface area contributed by atoms with Crippen LogP contribution in [0.4, 0.5) is 4.79 Å². The van der Waals surface area contributed by atoms with Crippen LogP contribution in [0, 0.1) is 11.8 Å². The maximum Gasteiger partial charge on any atom is 0.408 e. The van der Waals surface area contributed by atoms with Crippen molar-refractivity contribution in [3.8, 4) is 0 Å². The molecule has 1 fully saturated rings. The Bertz CT molecular complexity index is 307. The van der Waals surface area contributed by atoms with Gasteiger partial charge in [0.05, 0.1) is 6.54 Å². The van der Waals surface area contributed by atoms with E-state index in [4.69, 9.17) is 4.74 Å². The highest BCUT2D eigenvalue weighted by Gasteiger charge is 2.25. The Balaban J connectivity index is 2.30. The van der Waals surface area contributed by atoms with Crippen LogP contribution >= 0.6 is 0 Å². The third kappa shape index (κ3) is 5.52. The van der Waals surface area contributed by atoms with Crippen LogP contribution in [-0.2, 0) is 9.53 Å². The Morgan fingerprint density at radius 3 is 2.50 bits per heavy atom. The molecule has 4 nitrogen and oxygen atoms in total. The molecule has 1 N–H and O–H groups in total. The van der Waals surface area contributed by atoms with Crippen molar-refractivity contribution in [2.24, 2.45) is 11.8 Å². The smallest absolute Gasteiger partial charge is 0.408 e. The number of nitrogens with one attached hydrogen (secondary N) is 1. The number of ether oxygens (including phenoxy) is 1. The van der Waals surface area contributed by atoms with E-state index in [1.54, 1.807) is 20.8 Å². The van der Waals surface area contributed by atoms with Gasteiger partial charge in [0, 0.05) is 5.92 Å². The summed E-state index contributed by atoms with van der Waals surface area (Å²) in [5.41, 5.74) is -0.521. The number of Topliss-reactive ketones (excluding diaryl/α,β-unsaturated/α-hetero) is 1. The summed E-state index contributed by atoms with van der Waals surface area (Å²) in [4.78, 5) is 23.4. The van der Waals surface area contributed by atoms with E-state index in [2.05, 4.69) is 12.2 Å². The van der Waals surface area contributed by atoms with Crippen LogP contribution in [0.3, 0.4) is 0 Å². The molecule has 4 heteroatoms. The molecular formula is C14H25NO3. The predicted octanol–water partition coefficient (Wildman–Crippen LogP) is 2.91. The average Bonchev–Trinajstić information content (AvgIpc) is 2.23. The third-order valence-corrected chi connectivity index (χ3v) is 3.20. The van der Waals surface area contributed by atoms with Crippen molar-refractivity contribution in [2.75, 3.05) is 6.54 Å². The van der Waals surface area contributed by atoms with Crippen LogP contribution in [-0.4, -0.2) is 24.0 Å². The van der Waals surface area contributed by atoms with Gasteiger partial charge in [0.25, 0.3) is 0 Å². The quantitative estimate of drug-likeness (QED) is 0.843. The van der Waals surface area contributed by atoms with Gasteiger partial charge in [-0.2, -0.15) is 0 Å².